The topological polar surface area (TPSA) is 120 Å². The maximum Gasteiger partial charge on any atom is 0.264 e. The Hall–Kier alpha value is -3.60. The Bertz CT molecular complexity index is 1390. The highest BCUT2D eigenvalue weighted by Gasteiger charge is 2.24. The number of methoxy groups -OCH3 is 1. The SMILES string of the molecule is COc1ccc(/C=C2\SC(=Nc3ccc(S(N)(=O)=O)cc3)NC2=O)cc1OCCc1ccccc1. The molecular weight excluding hydrogens is 486 g/mol. The van der Waals surface area contributed by atoms with Crippen LogP contribution < -0.4 is 19.9 Å². The Morgan fingerprint density at radius 2 is 1.77 bits per heavy atom. The zero-order valence-electron chi connectivity index (χ0n) is 18.8. The lowest BCUT2D eigenvalue weighted by atomic mass is 10.1. The number of hydrogen-bond donors (Lipinski definition) is 2. The second-order valence-corrected chi connectivity index (χ2v) is 10.1. The lowest BCUT2D eigenvalue weighted by Crippen LogP contribution is -2.19. The molecule has 1 fully saturated rings. The quantitative estimate of drug-likeness (QED) is 0.445. The summed E-state index contributed by atoms with van der Waals surface area (Å²) in [6, 6.07) is 21.3. The first-order valence-corrected chi connectivity index (χ1v) is 13.0. The molecule has 0 unspecified atom stereocenters. The van der Waals surface area contributed by atoms with E-state index in [4.69, 9.17) is 14.6 Å². The van der Waals surface area contributed by atoms with Gasteiger partial charge in [-0.2, -0.15) is 0 Å². The van der Waals surface area contributed by atoms with Crippen LogP contribution in [0.2, 0.25) is 0 Å². The second kappa shape index (κ2) is 10.8. The minimum Gasteiger partial charge on any atom is -0.493 e. The number of amidine groups is 1. The standard InChI is InChI=1S/C25H23N3O5S2/c1-32-21-12-7-18(15-22(21)33-14-13-17-5-3-2-4-6-17)16-23-24(29)28-25(34-23)27-19-8-10-20(11-9-19)35(26,30)31/h2-12,15-16H,13-14H2,1H3,(H2,26,30,31)(H,27,28,29)/b23-16-. The second-order valence-electron chi connectivity index (χ2n) is 7.51. The van der Waals surface area contributed by atoms with Gasteiger partial charge in [0.15, 0.2) is 16.7 Å². The number of hydrogen-bond acceptors (Lipinski definition) is 7. The normalized spacial score (nSPS) is 15.9. The molecule has 0 bridgehead atoms. The summed E-state index contributed by atoms with van der Waals surface area (Å²) in [4.78, 5) is 17.3. The van der Waals surface area contributed by atoms with Crippen molar-refractivity contribution in [1.29, 1.82) is 0 Å². The van der Waals surface area contributed by atoms with Crippen molar-refractivity contribution in [2.45, 2.75) is 11.3 Å². The molecule has 0 saturated carbocycles. The van der Waals surface area contributed by atoms with Crippen molar-refractivity contribution >= 4 is 44.6 Å². The number of carbonyl (C=O) groups is 1. The number of nitrogens with zero attached hydrogens (tertiary/aromatic N) is 1. The van der Waals surface area contributed by atoms with Crippen LogP contribution >= 0.6 is 11.8 Å². The molecule has 4 rings (SSSR count). The summed E-state index contributed by atoms with van der Waals surface area (Å²) < 4.78 is 34.2. The summed E-state index contributed by atoms with van der Waals surface area (Å²) in [5.74, 6) is 0.913. The van der Waals surface area contributed by atoms with Crippen molar-refractivity contribution in [1.82, 2.24) is 5.32 Å². The maximum atomic E-state index is 12.5. The van der Waals surface area contributed by atoms with Gasteiger partial charge in [0, 0.05) is 6.42 Å². The van der Waals surface area contributed by atoms with Gasteiger partial charge in [-0.1, -0.05) is 36.4 Å². The smallest absolute Gasteiger partial charge is 0.264 e. The molecule has 1 amide bonds. The first-order chi connectivity index (χ1) is 16.8. The molecule has 8 nitrogen and oxygen atoms in total. The fraction of sp³-hybridized carbons (Fsp3) is 0.120. The van der Waals surface area contributed by atoms with Crippen molar-refractivity contribution < 1.29 is 22.7 Å². The number of carbonyl (C=O) groups excluding carboxylic acids is 1. The first kappa shape index (κ1) is 24.5. The predicted octanol–water partition coefficient (Wildman–Crippen LogP) is 3.86. The van der Waals surface area contributed by atoms with E-state index in [1.54, 1.807) is 19.3 Å². The van der Waals surface area contributed by atoms with Crippen molar-refractivity contribution in [2.75, 3.05) is 13.7 Å². The molecule has 1 aliphatic rings. The lowest BCUT2D eigenvalue weighted by molar-refractivity contribution is -0.115. The Kier molecular flexibility index (Phi) is 7.54. The minimum absolute atomic E-state index is 0.00792. The van der Waals surface area contributed by atoms with E-state index in [9.17, 15) is 13.2 Å². The molecule has 1 aliphatic heterocycles. The van der Waals surface area contributed by atoms with Gasteiger partial charge in [-0.15, -0.1) is 0 Å². The summed E-state index contributed by atoms with van der Waals surface area (Å²) in [6.45, 7) is 0.483. The van der Waals surface area contributed by atoms with Crippen molar-refractivity contribution in [2.24, 2.45) is 10.1 Å². The highest BCUT2D eigenvalue weighted by molar-refractivity contribution is 8.18. The molecule has 0 atom stereocenters. The fourth-order valence-corrected chi connectivity index (χ4v) is 4.64. The molecule has 0 aromatic heterocycles. The Balaban J connectivity index is 1.47. The summed E-state index contributed by atoms with van der Waals surface area (Å²) >= 11 is 1.18. The van der Waals surface area contributed by atoms with Gasteiger partial charge >= 0.3 is 0 Å². The zero-order chi connectivity index (χ0) is 24.8. The van der Waals surface area contributed by atoms with Crippen molar-refractivity contribution in [3.8, 4) is 11.5 Å². The van der Waals surface area contributed by atoms with Crippen LogP contribution in [0.15, 0.2) is 87.6 Å². The van der Waals surface area contributed by atoms with E-state index in [1.165, 1.54) is 41.6 Å². The third-order valence-corrected chi connectivity index (χ3v) is 6.86. The molecule has 3 aromatic carbocycles. The zero-order valence-corrected chi connectivity index (χ0v) is 20.4. The fourth-order valence-electron chi connectivity index (χ4n) is 3.28. The molecule has 3 N–H and O–H groups in total. The molecule has 0 radical (unpaired) electrons. The summed E-state index contributed by atoms with van der Waals surface area (Å²) in [5.41, 5.74) is 2.44. The number of thioether (sulfide) groups is 1. The van der Waals surface area contributed by atoms with E-state index < -0.39 is 10.0 Å². The van der Waals surface area contributed by atoms with Crippen molar-refractivity contribution in [3.63, 3.8) is 0 Å². The van der Waals surface area contributed by atoms with Crippen molar-refractivity contribution in [3.05, 3.63) is 88.8 Å². The Morgan fingerprint density at radius 1 is 1.03 bits per heavy atom. The number of nitrogens with one attached hydrogen (secondary N) is 1. The molecule has 0 aliphatic carbocycles. The van der Waals surface area contributed by atoms with Gasteiger partial charge in [-0.05, 0) is 65.4 Å². The molecular formula is C25H23N3O5S2. The number of ether oxygens (including phenoxy) is 2. The number of aliphatic imine (C=N–C) groups is 1. The number of rotatable bonds is 8. The Morgan fingerprint density at radius 3 is 2.46 bits per heavy atom. The third kappa shape index (κ3) is 6.50. The van der Waals surface area contributed by atoms with Crippen LogP contribution in [0.5, 0.6) is 11.5 Å². The number of benzene rings is 3. The van der Waals surface area contributed by atoms with E-state index in [0.29, 0.717) is 33.9 Å². The van der Waals surface area contributed by atoms with E-state index in [1.807, 2.05) is 42.5 Å². The van der Waals surface area contributed by atoms with E-state index in [-0.39, 0.29) is 10.8 Å². The van der Waals surface area contributed by atoms with E-state index >= 15 is 0 Å². The molecule has 35 heavy (non-hydrogen) atoms. The molecule has 1 heterocycles. The largest absolute Gasteiger partial charge is 0.493 e. The van der Waals surface area contributed by atoms with Crippen LogP contribution in [0.4, 0.5) is 5.69 Å². The monoisotopic (exact) mass is 509 g/mol. The number of sulfonamides is 1. The summed E-state index contributed by atoms with van der Waals surface area (Å²) in [5, 5.41) is 8.21. The van der Waals surface area contributed by atoms with Crippen LogP contribution in [-0.2, 0) is 21.2 Å². The van der Waals surface area contributed by atoms with Gasteiger partial charge < -0.3 is 14.8 Å². The van der Waals surface area contributed by atoms with Crippen LogP contribution in [0.1, 0.15) is 11.1 Å². The van der Waals surface area contributed by atoms with Gasteiger partial charge in [-0.3, -0.25) is 4.79 Å². The highest BCUT2D eigenvalue weighted by Crippen LogP contribution is 2.32. The predicted molar refractivity (Wildman–Crippen MR) is 137 cm³/mol. The lowest BCUT2D eigenvalue weighted by Gasteiger charge is -2.11. The highest BCUT2D eigenvalue weighted by atomic mass is 32.2. The van der Waals surface area contributed by atoms with E-state index in [0.717, 1.165) is 12.0 Å². The summed E-state index contributed by atoms with van der Waals surface area (Å²) in [7, 11) is -2.20. The van der Waals surface area contributed by atoms with Gasteiger partial charge in [0.05, 0.1) is 29.2 Å². The van der Waals surface area contributed by atoms with Crippen LogP contribution in [0.25, 0.3) is 6.08 Å². The molecule has 1 saturated heterocycles. The minimum atomic E-state index is -3.78. The van der Waals surface area contributed by atoms with Crippen LogP contribution in [0, 0.1) is 0 Å². The van der Waals surface area contributed by atoms with Gasteiger partial charge in [0.1, 0.15) is 0 Å². The third-order valence-electron chi connectivity index (χ3n) is 5.02. The maximum absolute atomic E-state index is 12.5. The molecule has 180 valence electrons. The number of amides is 1. The molecule has 0 spiro atoms. The number of primary sulfonamides is 1. The first-order valence-electron chi connectivity index (χ1n) is 10.6. The van der Waals surface area contributed by atoms with Crippen LogP contribution in [0.3, 0.4) is 0 Å². The molecule has 3 aromatic rings. The van der Waals surface area contributed by atoms with E-state index in [2.05, 4.69) is 10.3 Å². The van der Waals surface area contributed by atoms with Gasteiger partial charge in [0.25, 0.3) is 5.91 Å². The van der Waals surface area contributed by atoms with Gasteiger partial charge in [-0.25, -0.2) is 18.5 Å². The number of nitrogens with two attached hydrogens (primary N) is 1. The molecule has 10 heteroatoms. The Labute approximate surface area is 207 Å². The average molecular weight is 510 g/mol. The summed E-state index contributed by atoms with van der Waals surface area (Å²) in [6.07, 6.45) is 2.50. The average Bonchev–Trinajstić information content (AvgIpc) is 3.18. The van der Waals surface area contributed by atoms with Gasteiger partial charge in [0.2, 0.25) is 10.0 Å². The van der Waals surface area contributed by atoms with Crippen LogP contribution in [-0.4, -0.2) is 33.2 Å².